The molecular formula is C15H25N3O3. The summed E-state index contributed by atoms with van der Waals surface area (Å²) in [6.45, 7) is 9.65. The summed E-state index contributed by atoms with van der Waals surface area (Å²) in [5.41, 5.74) is -1.47. The fourth-order valence-electron chi connectivity index (χ4n) is 2.19. The quantitative estimate of drug-likeness (QED) is 0.841. The van der Waals surface area contributed by atoms with Crippen LogP contribution >= 0.6 is 0 Å². The van der Waals surface area contributed by atoms with Crippen molar-refractivity contribution in [3.05, 3.63) is 22.7 Å². The van der Waals surface area contributed by atoms with Crippen molar-refractivity contribution in [3.63, 3.8) is 0 Å². The lowest BCUT2D eigenvalue weighted by molar-refractivity contribution is -0.148. The summed E-state index contributed by atoms with van der Waals surface area (Å²) in [5, 5.41) is 12.3. The normalized spacial score (nSPS) is 12.2. The fraction of sp³-hybridized carbons (Fsp3) is 0.667. The van der Waals surface area contributed by atoms with Gasteiger partial charge in [-0.1, -0.05) is 13.8 Å². The number of carboxylic acids is 1. The minimum absolute atomic E-state index is 0.186. The van der Waals surface area contributed by atoms with Gasteiger partial charge in [0.1, 0.15) is 0 Å². The molecule has 0 aliphatic rings. The van der Waals surface area contributed by atoms with Gasteiger partial charge in [0.25, 0.3) is 5.56 Å². The third-order valence-corrected chi connectivity index (χ3v) is 3.96. The third kappa shape index (κ3) is 3.62. The largest absolute Gasteiger partial charge is 0.481 e. The molecule has 1 rings (SSSR count). The van der Waals surface area contributed by atoms with Crippen molar-refractivity contribution >= 4 is 11.8 Å². The van der Waals surface area contributed by atoms with Gasteiger partial charge in [-0.15, -0.1) is 0 Å². The Morgan fingerprint density at radius 1 is 1.33 bits per heavy atom. The fourth-order valence-corrected chi connectivity index (χ4v) is 2.19. The number of nitrogens with one attached hydrogen (secondary N) is 1. The number of hydrogen-bond acceptors (Lipinski definition) is 4. The van der Waals surface area contributed by atoms with Crippen LogP contribution in [0.1, 0.15) is 47.5 Å². The number of anilines is 1. The molecule has 0 unspecified atom stereocenters. The predicted molar refractivity (Wildman–Crippen MR) is 82.6 cm³/mol. The average Bonchev–Trinajstić information content (AvgIpc) is 2.40. The first-order valence-electron chi connectivity index (χ1n) is 7.23. The number of nitrogens with zero attached hydrogens (tertiary/aromatic N) is 2. The van der Waals surface area contributed by atoms with Crippen molar-refractivity contribution < 1.29 is 9.90 Å². The van der Waals surface area contributed by atoms with Gasteiger partial charge in [0.2, 0.25) is 0 Å². The predicted octanol–water partition coefficient (Wildman–Crippen LogP) is 2.30. The van der Waals surface area contributed by atoms with Crippen LogP contribution < -0.4 is 10.9 Å². The highest BCUT2D eigenvalue weighted by Gasteiger charge is 2.35. The first kappa shape index (κ1) is 17.2. The smallest absolute Gasteiger partial charge is 0.311 e. The minimum atomic E-state index is -0.878. The first-order chi connectivity index (χ1) is 9.68. The molecule has 0 fully saturated rings. The summed E-state index contributed by atoms with van der Waals surface area (Å²) in [5.74, 6) is -0.660. The van der Waals surface area contributed by atoms with E-state index in [0.717, 1.165) is 0 Å². The van der Waals surface area contributed by atoms with Crippen molar-refractivity contribution in [2.24, 2.45) is 5.41 Å². The van der Waals surface area contributed by atoms with Crippen LogP contribution in [0.2, 0.25) is 0 Å². The van der Waals surface area contributed by atoms with Crippen molar-refractivity contribution in [2.75, 3.05) is 11.9 Å². The molecule has 0 spiro atoms. The van der Waals surface area contributed by atoms with Crippen molar-refractivity contribution in [2.45, 2.75) is 53.0 Å². The van der Waals surface area contributed by atoms with Gasteiger partial charge in [0.05, 0.1) is 5.41 Å². The molecule has 0 bridgehead atoms. The highest BCUT2D eigenvalue weighted by molar-refractivity contribution is 5.75. The van der Waals surface area contributed by atoms with E-state index in [1.165, 1.54) is 0 Å². The molecule has 6 heteroatoms. The van der Waals surface area contributed by atoms with E-state index in [-0.39, 0.29) is 23.5 Å². The van der Waals surface area contributed by atoms with Gasteiger partial charge in [-0.25, -0.2) is 4.98 Å². The lowest BCUT2D eigenvalue weighted by Crippen LogP contribution is -2.40. The maximum Gasteiger partial charge on any atom is 0.311 e. The summed E-state index contributed by atoms with van der Waals surface area (Å²) in [4.78, 5) is 27.9. The number of hydrogen-bond donors (Lipinski definition) is 2. The van der Waals surface area contributed by atoms with E-state index in [4.69, 9.17) is 0 Å². The Morgan fingerprint density at radius 3 is 2.33 bits per heavy atom. The van der Waals surface area contributed by atoms with Crippen molar-refractivity contribution in [3.8, 4) is 0 Å². The molecule has 0 saturated heterocycles. The second-order valence-corrected chi connectivity index (χ2v) is 6.27. The molecule has 21 heavy (non-hydrogen) atoms. The summed E-state index contributed by atoms with van der Waals surface area (Å²) < 4.78 is 1.59. The second kappa shape index (κ2) is 6.28. The summed E-state index contributed by atoms with van der Waals surface area (Å²) in [6, 6.07) is 0. The standard InChI is InChI=1S/C15H25N3O3/c1-6-15(7-2,13(20)21)10-17-11-12(19)18(9-8-16-11)14(3,4)5/h8-9H,6-7,10H2,1-5H3,(H,16,17)(H,20,21). The SMILES string of the molecule is CCC(CC)(CNc1nccn(C(C)(C)C)c1=O)C(=O)O. The van der Waals surface area contributed by atoms with Crippen LogP contribution in [0.25, 0.3) is 0 Å². The lowest BCUT2D eigenvalue weighted by atomic mass is 9.82. The van der Waals surface area contributed by atoms with Gasteiger partial charge in [-0.2, -0.15) is 0 Å². The number of carbonyl (C=O) groups is 1. The van der Waals surface area contributed by atoms with Gasteiger partial charge >= 0.3 is 5.97 Å². The molecule has 1 aromatic rings. The zero-order valence-electron chi connectivity index (χ0n) is 13.4. The molecule has 0 aliphatic carbocycles. The van der Waals surface area contributed by atoms with E-state index in [2.05, 4.69) is 10.3 Å². The molecule has 0 aromatic carbocycles. The number of aliphatic carboxylic acids is 1. The van der Waals surface area contributed by atoms with E-state index in [9.17, 15) is 14.7 Å². The summed E-state index contributed by atoms with van der Waals surface area (Å²) in [6.07, 6.45) is 4.17. The van der Waals surface area contributed by atoms with E-state index in [1.54, 1.807) is 17.0 Å². The van der Waals surface area contributed by atoms with Crippen molar-refractivity contribution in [1.29, 1.82) is 0 Å². The molecule has 1 heterocycles. The van der Waals surface area contributed by atoms with Gasteiger partial charge < -0.3 is 15.0 Å². The van der Waals surface area contributed by atoms with Gasteiger partial charge in [0.15, 0.2) is 5.82 Å². The average molecular weight is 295 g/mol. The Bertz CT molecular complexity index is 554. The monoisotopic (exact) mass is 295 g/mol. The Morgan fingerprint density at radius 2 is 1.90 bits per heavy atom. The van der Waals surface area contributed by atoms with Gasteiger partial charge in [-0.05, 0) is 33.6 Å². The van der Waals surface area contributed by atoms with Crippen LogP contribution in [0, 0.1) is 5.41 Å². The van der Waals surface area contributed by atoms with E-state index in [1.807, 2.05) is 34.6 Å². The number of aromatic nitrogens is 2. The molecule has 0 radical (unpaired) electrons. The van der Waals surface area contributed by atoms with Crippen molar-refractivity contribution in [1.82, 2.24) is 9.55 Å². The maximum atomic E-state index is 12.4. The summed E-state index contributed by atoms with van der Waals surface area (Å²) in [7, 11) is 0. The highest BCUT2D eigenvalue weighted by atomic mass is 16.4. The van der Waals surface area contributed by atoms with Crippen LogP contribution in [0.15, 0.2) is 17.2 Å². The van der Waals surface area contributed by atoms with Crippen LogP contribution in [0.5, 0.6) is 0 Å². The van der Waals surface area contributed by atoms with Gasteiger partial charge in [0, 0.05) is 24.5 Å². The molecular weight excluding hydrogens is 270 g/mol. The minimum Gasteiger partial charge on any atom is -0.481 e. The van der Waals surface area contributed by atoms with Crippen LogP contribution in [0.3, 0.4) is 0 Å². The molecule has 0 atom stereocenters. The third-order valence-electron chi connectivity index (χ3n) is 3.96. The number of carboxylic acid groups (broad SMARTS) is 1. The second-order valence-electron chi connectivity index (χ2n) is 6.27. The molecule has 1 aromatic heterocycles. The Kier molecular flexibility index (Phi) is 5.15. The molecule has 118 valence electrons. The Hall–Kier alpha value is -1.85. The van der Waals surface area contributed by atoms with E-state index in [0.29, 0.717) is 12.8 Å². The Labute approximate surface area is 125 Å². The summed E-state index contributed by atoms with van der Waals surface area (Å²) >= 11 is 0. The Balaban J connectivity index is 3.05. The number of rotatable bonds is 6. The van der Waals surface area contributed by atoms with Crippen LogP contribution in [-0.2, 0) is 10.3 Å². The van der Waals surface area contributed by atoms with Crippen LogP contribution in [0.4, 0.5) is 5.82 Å². The molecule has 0 amide bonds. The molecule has 0 saturated carbocycles. The molecule has 0 aliphatic heterocycles. The lowest BCUT2D eigenvalue weighted by Gasteiger charge is -2.27. The van der Waals surface area contributed by atoms with E-state index < -0.39 is 11.4 Å². The zero-order chi connectivity index (χ0) is 16.3. The zero-order valence-corrected chi connectivity index (χ0v) is 13.4. The first-order valence-corrected chi connectivity index (χ1v) is 7.23. The maximum absolute atomic E-state index is 12.4. The highest BCUT2D eigenvalue weighted by Crippen LogP contribution is 2.26. The van der Waals surface area contributed by atoms with Crippen LogP contribution in [-0.4, -0.2) is 27.2 Å². The molecule has 2 N–H and O–H groups in total. The topological polar surface area (TPSA) is 84.2 Å². The van der Waals surface area contributed by atoms with Gasteiger partial charge in [-0.3, -0.25) is 9.59 Å². The molecule has 6 nitrogen and oxygen atoms in total. The van der Waals surface area contributed by atoms with E-state index >= 15 is 0 Å².